The van der Waals surface area contributed by atoms with Crippen LogP contribution in [-0.2, 0) is 16.6 Å². The normalized spacial score (nSPS) is 14.7. The Balaban J connectivity index is 1.65. The summed E-state index contributed by atoms with van der Waals surface area (Å²) in [5, 5.41) is 18.9. The summed E-state index contributed by atoms with van der Waals surface area (Å²) in [5.74, 6) is 0.604. The fraction of sp³-hybridized carbons (Fsp3) is 0.300. The van der Waals surface area contributed by atoms with Crippen LogP contribution >= 0.6 is 11.8 Å². The van der Waals surface area contributed by atoms with E-state index in [-0.39, 0.29) is 4.90 Å². The molecule has 0 amide bonds. The summed E-state index contributed by atoms with van der Waals surface area (Å²) in [6.45, 7) is 3.73. The van der Waals surface area contributed by atoms with Crippen molar-refractivity contribution in [2.24, 2.45) is 0 Å². The minimum Gasteiger partial charge on any atom is -0.302 e. The van der Waals surface area contributed by atoms with Gasteiger partial charge in [-0.2, -0.15) is 9.57 Å². The molecule has 3 heterocycles. The van der Waals surface area contributed by atoms with Gasteiger partial charge in [0.1, 0.15) is 11.1 Å². The molecule has 1 aromatic carbocycles. The van der Waals surface area contributed by atoms with Gasteiger partial charge in [0.2, 0.25) is 10.0 Å². The molecule has 0 saturated carbocycles. The molecule has 154 valence electrons. The molecule has 1 fully saturated rings. The van der Waals surface area contributed by atoms with Gasteiger partial charge in [-0.3, -0.25) is 0 Å². The van der Waals surface area contributed by atoms with Crippen LogP contribution in [-0.4, -0.2) is 45.6 Å². The molecule has 0 atom stereocenters. The van der Waals surface area contributed by atoms with Crippen molar-refractivity contribution >= 4 is 21.8 Å². The number of pyridine rings is 1. The Kier molecular flexibility index (Phi) is 5.85. The molecule has 1 aliphatic heterocycles. The first-order valence-corrected chi connectivity index (χ1v) is 11.9. The van der Waals surface area contributed by atoms with E-state index >= 15 is 0 Å². The smallest absolute Gasteiger partial charge is 0.243 e. The topological polar surface area (TPSA) is 105 Å². The molecule has 3 aromatic rings. The molecule has 0 aliphatic carbocycles. The lowest BCUT2D eigenvalue weighted by Crippen LogP contribution is -2.27. The van der Waals surface area contributed by atoms with Crippen molar-refractivity contribution in [1.29, 1.82) is 5.26 Å². The van der Waals surface area contributed by atoms with Gasteiger partial charge in [-0.05, 0) is 55.8 Å². The van der Waals surface area contributed by atoms with E-state index in [1.54, 1.807) is 30.3 Å². The highest BCUT2D eigenvalue weighted by atomic mass is 32.2. The Morgan fingerprint density at radius 1 is 1.17 bits per heavy atom. The van der Waals surface area contributed by atoms with Crippen molar-refractivity contribution in [2.45, 2.75) is 41.4 Å². The van der Waals surface area contributed by atoms with Crippen LogP contribution in [0.2, 0.25) is 0 Å². The maximum Gasteiger partial charge on any atom is 0.243 e. The summed E-state index contributed by atoms with van der Waals surface area (Å²) in [5.41, 5.74) is 1.19. The Labute approximate surface area is 179 Å². The van der Waals surface area contributed by atoms with Crippen molar-refractivity contribution < 1.29 is 8.42 Å². The molecule has 1 aliphatic rings. The molecule has 0 spiro atoms. The first-order chi connectivity index (χ1) is 14.5. The highest BCUT2D eigenvalue weighted by Gasteiger charge is 2.27. The highest BCUT2D eigenvalue weighted by Crippen LogP contribution is 2.30. The average Bonchev–Trinajstić information content (AvgIpc) is 3.45. The maximum atomic E-state index is 12.9. The van der Waals surface area contributed by atoms with Gasteiger partial charge >= 0.3 is 0 Å². The number of sulfonamides is 1. The molecule has 1 saturated heterocycles. The van der Waals surface area contributed by atoms with Gasteiger partial charge in [0, 0.05) is 31.4 Å². The Morgan fingerprint density at radius 3 is 2.63 bits per heavy atom. The Morgan fingerprint density at radius 2 is 1.97 bits per heavy atom. The Hall–Kier alpha value is -2.74. The molecule has 2 aromatic heterocycles. The minimum atomic E-state index is -3.50. The summed E-state index contributed by atoms with van der Waals surface area (Å²) < 4.78 is 29.3. The molecule has 0 radical (unpaired) electrons. The molecule has 30 heavy (non-hydrogen) atoms. The molecule has 0 N–H and O–H groups in total. The summed E-state index contributed by atoms with van der Waals surface area (Å²) >= 11 is 1.35. The standard InChI is InChI=1S/C20H20N6O2S2/c1-2-26-19(23-24-20(26)29-18-9-8-15(13-21)14-22-18)16-6-5-7-17(12-16)30(27,28)25-10-3-4-11-25/h5-9,12,14H,2-4,10-11H2,1H3. The van der Waals surface area contributed by atoms with Crippen molar-refractivity contribution in [3.63, 3.8) is 0 Å². The van der Waals surface area contributed by atoms with Crippen LogP contribution < -0.4 is 0 Å². The third-order valence-corrected chi connectivity index (χ3v) is 7.72. The van der Waals surface area contributed by atoms with Crippen LogP contribution in [0.3, 0.4) is 0 Å². The number of hydrogen-bond acceptors (Lipinski definition) is 7. The summed E-state index contributed by atoms with van der Waals surface area (Å²) in [4.78, 5) is 4.54. The second-order valence-corrected chi connectivity index (χ2v) is 9.71. The van der Waals surface area contributed by atoms with Crippen LogP contribution in [0.5, 0.6) is 0 Å². The van der Waals surface area contributed by atoms with Gasteiger partial charge in [-0.1, -0.05) is 12.1 Å². The monoisotopic (exact) mass is 440 g/mol. The summed E-state index contributed by atoms with van der Waals surface area (Å²) in [6, 6.07) is 12.4. The van der Waals surface area contributed by atoms with E-state index in [2.05, 4.69) is 15.2 Å². The quantitative estimate of drug-likeness (QED) is 0.580. The van der Waals surface area contributed by atoms with E-state index < -0.39 is 10.0 Å². The third-order valence-electron chi connectivity index (χ3n) is 4.89. The number of nitrogens with zero attached hydrogens (tertiary/aromatic N) is 6. The third kappa shape index (κ3) is 3.96. The zero-order chi connectivity index (χ0) is 21.1. The molecule has 8 nitrogen and oxygen atoms in total. The van der Waals surface area contributed by atoms with Gasteiger partial charge in [0.15, 0.2) is 11.0 Å². The van der Waals surface area contributed by atoms with E-state index in [9.17, 15) is 8.42 Å². The average molecular weight is 441 g/mol. The zero-order valence-electron chi connectivity index (χ0n) is 16.4. The molecule has 10 heteroatoms. The van der Waals surface area contributed by atoms with Crippen molar-refractivity contribution in [3.8, 4) is 17.5 Å². The van der Waals surface area contributed by atoms with Gasteiger partial charge in [0.25, 0.3) is 0 Å². The van der Waals surface area contributed by atoms with Crippen LogP contribution in [0, 0.1) is 11.3 Å². The fourth-order valence-corrected chi connectivity index (χ4v) is 5.74. The van der Waals surface area contributed by atoms with E-state index in [1.165, 1.54) is 22.3 Å². The lowest BCUT2D eigenvalue weighted by molar-refractivity contribution is 0.477. The maximum absolute atomic E-state index is 12.9. The first-order valence-electron chi connectivity index (χ1n) is 9.60. The largest absolute Gasteiger partial charge is 0.302 e. The number of benzene rings is 1. The summed E-state index contributed by atoms with van der Waals surface area (Å²) in [6.07, 6.45) is 3.31. The molecule has 0 unspecified atom stereocenters. The highest BCUT2D eigenvalue weighted by molar-refractivity contribution is 7.99. The fourth-order valence-electron chi connectivity index (χ4n) is 3.34. The lowest BCUT2D eigenvalue weighted by atomic mass is 10.2. The van der Waals surface area contributed by atoms with Gasteiger partial charge in [-0.15, -0.1) is 10.2 Å². The van der Waals surface area contributed by atoms with Crippen LogP contribution in [0.15, 0.2) is 57.7 Å². The number of hydrogen-bond donors (Lipinski definition) is 0. The molecular weight excluding hydrogens is 420 g/mol. The summed E-state index contributed by atoms with van der Waals surface area (Å²) in [7, 11) is -3.50. The Bertz CT molecular complexity index is 1190. The van der Waals surface area contributed by atoms with Crippen LogP contribution in [0.25, 0.3) is 11.4 Å². The minimum absolute atomic E-state index is 0.274. The number of aromatic nitrogens is 4. The van der Waals surface area contributed by atoms with E-state index in [0.29, 0.717) is 46.8 Å². The van der Waals surface area contributed by atoms with E-state index in [0.717, 1.165) is 12.8 Å². The second kappa shape index (κ2) is 8.55. The molecule has 0 bridgehead atoms. The lowest BCUT2D eigenvalue weighted by Gasteiger charge is -2.16. The van der Waals surface area contributed by atoms with E-state index in [1.807, 2.05) is 23.6 Å². The van der Waals surface area contributed by atoms with Crippen LogP contribution in [0.1, 0.15) is 25.3 Å². The number of nitriles is 1. The zero-order valence-corrected chi connectivity index (χ0v) is 18.0. The van der Waals surface area contributed by atoms with Gasteiger partial charge < -0.3 is 4.57 Å². The predicted octanol–water partition coefficient (Wildman–Crippen LogP) is 3.17. The second-order valence-electron chi connectivity index (χ2n) is 6.79. The first kappa shape index (κ1) is 20.5. The van der Waals surface area contributed by atoms with Crippen LogP contribution in [0.4, 0.5) is 0 Å². The van der Waals surface area contributed by atoms with Crippen molar-refractivity contribution in [1.82, 2.24) is 24.1 Å². The SMILES string of the molecule is CCn1c(Sc2ccc(C#N)cn2)nnc1-c1cccc(S(=O)(=O)N2CCCC2)c1. The van der Waals surface area contributed by atoms with Gasteiger partial charge in [-0.25, -0.2) is 13.4 Å². The molecular formula is C20H20N6O2S2. The van der Waals surface area contributed by atoms with Crippen molar-refractivity contribution in [3.05, 3.63) is 48.2 Å². The van der Waals surface area contributed by atoms with Gasteiger partial charge in [0.05, 0.1) is 10.5 Å². The van der Waals surface area contributed by atoms with Crippen molar-refractivity contribution in [2.75, 3.05) is 13.1 Å². The predicted molar refractivity (Wildman–Crippen MR) is 112 cm³/mol. The number of rotatable bonds is 6. The molecule has 4 rings (SSSR count). The van der Waals surface area contributed by atoms with E-state index in [4.69, 9.17) is 5.26 Å².